The second-order valence-corrected chi connectivity index (χ2v) is 6.27. The Morgan fingerprint density at radius 3 is 2.53 bits per heavy atom. The van der Waals surface area contributed by atoms with Gasteiger partial charge in [0.15, 0.2) is 0 Å². The van der Waals surface area contributed by atoms with Gasteiger partial charge >= 0.3 is 0 Å². The van der Waals surface area contributed by atoms with Crippen molar-refractivity contribution in [2.75, 3.05) is 20.6 Å². The molecule has 1 unspecified atom stereocenters. The lowest BCUT2D eigenvalue weighted by molar-refractivity contribution is 0.150. The molecule has 0 spiro atoms. The van der Waals surface area contributed by atoms with Gasteiger partial charge in [-0.2, -0.15) is 5.10 Å². The van der Waals surface area contributed by atoms with Gasteiger partial charge in [0.05, 0.1) is 5.69 Å². The SMILES string of the molecule is Cc1nn(C)cc1C(C)NCC1(N(C)C)CCCC1. The highest BCUT2D eigenvalue weighted by molar-refractivity contribution is 5.19. The highest BCUT2D eigenvalue weighted by atomic mass is 15.3. The zero-order chi connectivity index (χ0) is 14.0. The number of hydrogen-bond donors (Lipinski definition) is 1. The van der Waals surface area contributed by atoms with Crippen molar-refractivity contribution in [1.82, 2.24) is 20.0 Å². The molecule has 1 aliphatic carbocycles. The van der Waals surface area contributed by atoms with E-state index >= 15 is 0 Å². The van der Waals surface area contributed by atoms with Gasteiger partial charge < -0.3 is 10.2 Å². The summed E-state index contributed by atoms with van der Waals surface area (Å²) in [5.41, 5.74) is 2.80. The lowest BCUT2D eigenvalue weighted by Gasteiger charge is -2.37. The summed E-state index contributed by atoms with van der Waals surface area (Å²) in [5.74, 6) is 0. The molecule has 1 atom stereocenters. The second kappa shape index (κ2) is 5.63. The minimum atomic E-state index is 0.352. The van der Waals surface area contributed by atoms with Crippen molar-refractivity contribution in [3.63, 3.8) is 0 Å². The molecule has 0 bridgehead atoms. The second-order valence-electron chi connectivity index (χ2n) is 6.27. The van der Waals surface area contributed by atoms with E-state index in [0.29, 0.717) is 11.6 Å². The van der Waals surface area contributed by atoms with Crippen molar-refractivity contribution in [3.8, 4) is 0 Å². The van der Waals surface area contributed by atoms with Crippen LogP contribution in [0.5, 0.6) is 0 Å². The van der Waals surface area contributed by atoms with E-state index in [0.717, 1.165) is 12.2 Å². The van der Waals surface area contributed by atoms with Crippen LogP contribution < -0.4 is 5.32 Å². The van der Waals surface area contributed by atoms with Crippen molar-refractivity contribution in [1.29, 1.82) is 0 Å². The monoisotopic (exact) mass is 264 g/mol. The van der Waals surface area contributed by atoms with E-state index in [-0.39, 0.29) is 0 Å². The molecule has 1 heterocycles. The predicted molar refractivity (Wildman–Crippen MR) is 79.2 cm³/mol. The maximum Gasteiger partial charge on any atom is 0.0641 e. The molecule has 19 heavy (non-hydrogen) atoms. The summed E-state index contributed by atoms with van der Waals surface area (Å²) < 4.78 is 1.90. The van der Waals surface area contributed by atoms with Gasteiger partial charge in [0.1, 0.15) is 0 Å². The van der Waals surface area contributed by atoms with E-state index < -0.39 is 0 Å². The highest BCUT2D eigenvalue weighted by Gasteiger charge is 2.35. The van der Waals surface area contributed by atoms with Gasteiger partial charge in [-0.25, -0.2) is 0 Å². The molecule has 0 amide bonds. The number of likely N-dealkylation sites (N-methyl/N-ethyl adjacent to an activating group) is 1. The summed E-state index contributed by atoms with van der Waals surface area (Å²) in [6.07, 6.45) is 7.47. The lowest BCUT2D eigenvalue weighted by atomic mass is 9.95. The van der Waals surface area contributed by atoms with Crippen LogP contribution in [0.2, 0.25) is 0 Å². The minimum absolute atomic E-state index is 0.352. The molecule has 4 nitrogen and oxygen atoms in total. The molecule has 1 aromatic heterocycles. The van der Waals surface area contributed by atoms with Crippen LogP contribution in [0.15, 0.2) is 6.20 Å². The van der Waals surface area contributed by atoms with Crippen LogP contribution in [0.3, 0.4) is 0 Å². The number of nitrogens with zero attached hydrogens (tertiary/aromatic N) is 3. The summed E-state index contributed by atoms with van der Waals surface area (Å²) in [6, 6.07) is 0.367. The summed E-state index contributed by atoms with van der Waals surface area (Å²) in [7, 11) is 6.42. The molecule has 0 radical (unpaired) electrons. The van der Waals surface area contributed by atoms with Gasteiger partial charge in [0, 0.05) is 36.9 Å². The van der Waals surface area contributed by atoms with Crippen LogP contribution >= 0.6 is 0 Å². The quantitative estimate of drug-likeness (QED) is 0.885. The van der Waals surface area contributed by atoms with Crippen molar-refractivity contribution < 1.29 is 0 Å². The Balaban J connectivity index is 1.99. The molecule has 2 rings (SSSR count). The smallest absolute Gasteiger partial charge is 0.0641 e. The molecule has 0 saturated heterocycles. The Morgan fingerprint density at radius 1 is 1.42 bits per heavy atom. The van der Waals surface area contributed by atoms with Gasteiger partial charge in [0.2, 0.25) is 0 Å². The molecule has 1 fully saturated rings. The standard InChI is InChI=1S/C15H28N4/c1-12(14-10-19(5)17-13(14)2)16-11-15(18(3)4)8-6-7-9-15/h10,12,16H,6-9,11H2,1-5H3. The number of rotatable bonds is 5. The van der Waals surface area contributed by atoms with Crippen LogP contribution in [0.25, 0.3) is 0 Å². The number of hydrogen-bond acceptors (Lipinski definition) is 3. The zero-order valence-electron chi connectivity index (χ0n) is 13.0. The van der Waals surface area contributed by atoms with Crippen molar-refractivity contribution >= 4 is 0 Å². The third kappa shape index (κ3) is 3.00. The van der Waals surface area contributed by atoms with Crippen molar-refractivity contribution in [2.45, 2.75) is 51.1 Å². The topological polar surface area (TPSA) is 33.1 Å². The summed E-state index contributed by atoms with van der Waals surface area (Å²) in [6.45, 7) is 5.39. The molecule has 0 aliphatic heterocycles. The summed E-state index contributed by atoms with van der Waals surface area (Å²) >= 11 is 0. The van der Waals surface area contributed by atoms with E-state index in [2.05, 4.69) is 49.5 Å². The lowest BCUT2D eigenvalue weighted by Crippen LogP contribution is -2.50. The van der Waals surface area contributed by atoms with Crippen molar-refractivity contribution in [2.24, 2.45) is 7.05 Å². The van der Waals surface area contributed by atoms with E-state index in [4.69, 9.17) is 0 Å². The fourth-order valence-corrected chi connectivity index (χ4v) is 3.31. The molecular formula is C15H28N4. The number of nitrogens with one attached hydrogen (secondary N) is 1. The highest BCUT2D eigenvalue weighted by Crippen LogP contribution is 2.33. The zero-order valence-corrected chi connectivity index (χ0v) is 13.0. The Labute approximate surface area is 117 Å². The number of aromatic nitrogens is 2. The largest absolute Gasteiger partial charge is 0.308 e. The van der Waals surface area contributed by atoms with Crippen LogP contribution in [0.1, 0.15) is 49.9 Å². The first-order valence-corrected chi connectivity index (χ1v) is 7.35. The third-order valence-corrected chi connectivity index (χ3v) is 4.74. The fraction of sp³-hybridized carbons (Fsp3) is 0.800. The number of aryl methyl sites for hydroxylation is 2. The molecular weight excluding hydrogens is 236 g/mol. The molecule has 1 aliphatic rings. The third-order valence-electron chi connectivity index (χ3n) is 4.74. The Morgan fingerprint density at radius 2 is 2.05 bits per heavy atom. The van der Waals surface area contributed by atoms with E-state index in [9.17, 15) is 0 Å². The maximum atomic E-state index is 4.43. The average molecular weight is 264 g/mol. The Bertz CT molecular complexity index is 416. The van der Waals surface area contributed by atoms with Crippen molar-refractivity contribution in [3.05, 3.63) is 17.5 Å². The van der Waals surface area contributed by atoms with Gasteiger partial charge in [-0.3, -0.25) is 4.68 Å². The van der Waals surface area contributed by atoms with Crippen LogP contribution in [-0.2, 0) is 7.05 Å². The van der Waals surface area contributed by atoms with Crippen LogP contribution in [0.4, 0.5) is 0 Å². The molecule has 1 N–H and O–H groups in total. The van der Waals surface area contributed by atoms with Gasteiger partial charge in [-0.15, -0.1) is 0 Å². The Hall–Kier alpha value is -0.870. The molecule has 0 aromatic carbocycles. The van der Waals surface area contributed by atoms with Crippen LogP contribution in [0, 0.1) is 6.92 Å². The first-order valence-electron chi connectivity index (χ1n) is 7.35. The van der Waals surface area contributed by atoms with Crippen LogP contribution in [-0.4, -0.2) is 40.9 Å². The first-order chi connectivity index (χ1) is 8.94. The normalized spacial score (nSPS) is 20.1. The van der Waals surface area contributed by atoms with Gasteiger partial charge in [-0.05, 0) is 40.8 Å². The molecule has 1 saturated carbocycles. The predicted octanol–water partition coefficient (Wildman–Crippen LogP) is 2.25. The molecule has 1 aromatic rings. The minimum Gasteiger partial charge on any atom is -0.308 e. The van der Waals surface area contributed by atoms with E-state index in [1.54, 1.807) is 0 Å². The maximum absolute atomic E-state index is 4.43. The molecule has 4 heteroatoms. The summed E-state index contributed by atoms with van der Waals surface area (Å²) in [4.78, 5) is 2.41. The van der Waals surface area contributed by atoms with Gasteiger partial charge in [0.25, 0.3) is 0 Å². The fourth-order valence-electron chi connectivity index (χ4n) is 3.31. The molecule has 108 valence electrons. The Kier molecular flexibility index (Phi) is 4.31. The van der Waals surface area contributed by atoms with E-state index in [1.807, 2.05) is 11.7 Å². The average Bonchev–Trinajstić information content (AvgIpc) is 2.94. The first kappa shape index (κ1) is 14.5. The van der Waals surface area contributed by atoms with E-state index in [1.165, 1.54) is 31.2 Å². The summed E-state index contributed by atoms with van der Waals surface area (Å²) in [5, 5.41) is 8.15. The van der Waals surface area contributed by atoms with Gasteiger partial charge in [-0.1, -0.05) is 12.8 Å².